The quantitative estimate of drug-likeness (QED) is 0.149. The van der Waals surface area contributed by atoms with Crippen molar-refractivity contribution in [2.45, 2.75) is 33.9 Å². The Morgan fingerprint density at radius 2 is 0.645 bits per heavy atom. The summed E-state index contributed by atoms with van der Waals surface area (Å²) in [5, 5.41) is 3.81. The summed E-state index contributed by atoms with van der Waals surface area (Å²) in [7, 11) is 0. The molecule has 76 heavy (non-hydrogen) atoms. The van der Waals surface area contributed by atoms with Gasteiger partial charge in [-0.25, -0.2) is 4.98 Å². The molecule has 0 N–H and O–H groups in total. The number of aromatic nitrogens is 3. The average molecular weight is 990 g/mol. The van der Waals surface area contributed by atoms with Crippen molar-refractivity contribution in [1.82, 2.24) is 14.1 Å². The molecule has 0 radical (unpaired) electrons. The van der Waals surface area contributed by atoms with Crippen LogP contribution in [0.2, 0.25) is 0 Å². The normalized spacial score (nSPS) is 11.9. The largest absolute Gasteiger partial charge is 0.417 e. The molecule has 0 bridgehead atoms. The third-order valence-electron chi connectivity index (χ3n) is 15.4. The van der Waals surface area contributed by atoms with E-state index in [1.54, 1.807) is 18.2 Å². The molecule has 0 saturated carbocycles. The number of alkyl halides is 3. The van der Waals surface area contributed by atoms with Crippen LogP contribution in [0.25, 0.3) is 122 Å². The Kier molecular flexibility index (Phi) is 11.2. The first-order valence-electron chi connectivity index (χ1n) is 25.7. The standard InChI is InChI=1S/C70H50F3N3/c1-43-17-8-12-23-52(43)48-29-33-56-57-34-30-49(53-24-13-9-18-44(53)2)38-65(57)75(64(56)37-48)68-41-60(63-28-16-27-62(74-63)47-21-6-5-7-22-47)61(70(71,72)73)42-69(68)76-66-39-50(54-25-14-10-19-45(54)3)31-35-58(66)59-36-32-51(40-67(59)76)55-26-15-11-20-46(55)4/h5-42H,1-4H3. The van der Waals surface area contributed by atoms with Gasteiger partial charge in [0.15, 0.2) is 0 Å². The highest BCUT2D eigenvalue weighted by Gasteiger charge is 2.37. The van der Waals surface area contributed by atoms with E-state index in [0.717, 1.165) is 116 Å². The first-order valence-corrected chi connectivity index (χ1v) is 25.7. The molecule has 3 aromatic heterocycles. The molecule has 3 heterocycles. The van der Waals surface area contributed by atoms with Crippen LogP contribution in [0.3, 0.4) is 0 Å². The molecule has 0 aliphatic rings. The van der Waals surface area contributed by atoms with Crippen molar-refractivity contribution in [3.63, 3.8) is 0 Å². The molecule has 0 unspecified atom stereocenters. The molecule has 13 rings (SSSR count). The van der Waals surface area contributed by atoms with E-state index >= 15 is 13.2 Å². The van der Waals surface area contributed by atoms with Gasteiger partial charge in [-0.15, -0.1) is 0 Å². The van der Waals surface area contributed by atoms with E-state index in [4.69, 9.17) is 4.98 Å². The third-order valence-corrected chi connectivity index (χ3v) is 15.4. The molecular weight excluding hydrogens is 940 g/mol. The number of hydrogen-bond acceptors (Lipinski definition) is 1. The van der Waals surface area contributed by atoms with Crippen LogP contribution in [0.1, 0.15) is 27.8 Å². The van der Waals surface area contributed by atoms with Crippen molar-refractivity contribution < 1.29 is 13.2 Å². The van der Waals surface area contributed by atoms with Crippen molar-refractivity contribution >= 4 is 43.6 Å². The van der Waals surface area contributed by atoms with Crippen LogP contribution in [-0.2, 0) is 6.18 Å². The second-order valence-corrected chi connectivity index (χ2v) is 20.0. The monoisotopic (exact) mass is 989 g/mol. The molecule has 0 aliphatic carbocycles. The summed E-state index contributed by atoms with van der Waals surface area (Å²) in [6.45, 7) is 8.41. The SMILES string of the molecule is Cc1ccccc1-c1ccc2c3ccc(-c4ccccc4C)cc3n(-c3cc(-c4cccc(-c5ccccc5)n4)c(C(F)(F)F)cc3-n3c4cc(-c5ccccc5C)ccc4c4ccc(-c5ccccc5C)cc43)c2c1. The fourth-order valence-electron chi connectivity index (χ4n) is 11.5. The molecule has 0 saturated heterocycles. The van der Waals surface area contributed by atoms with Gasteiger partial charge in [0.1, 0.15) is 0 Å². The van der Waals surface area contributed by atoms with Crippen LogP contribution in [0.15, 0.2) is 231 Å². The molecule has 0 fully saturated rings. The van der Waals surface area contributed by atoms with E-state index in [2.05, 4.69) is 158 Å². The number of rotatable bonds is 8. The summed E-state index contributed by atoms with van der Waals surface area (Å²) < 4.78 is 54.0. The van der Waals surface area contributed by atoms with Gasteiger partial charge in [-0.05, 0) is 143 Å². The Morgan fingerprint density at radius 1 is 0.303 bits per heavy atom. The number of fused-ring (bicyclic) bond motifs is 6. The van der Waals surface area contributed by atoms with E-state index < -0.39 is 11.7 Å². The third kappa shape index (κ3) is 7.88. The Bertz CT molecular complexity index is 4240. The van der Waals surface area contributed by atoms with Gasteiger partial charge in [0.05, 0.1) is 50.4 Å². The molecule has 0 spiro atoms. The molecule has 366 valence electrons. The van der Waals surface area contributed by atoms with E-state index in [0.29, 0.717) is 17.1 Å². The first kappa shape index (κ1) is 46.5. The zero-order valence-electron chi connectivity index (χ0n) is 42.4. The minimum atomic E-state index is -4.79. The predicted molar refractivity (Wildman–Crippen MR) is 309 cm³/mol. The van der Waals surface area contributed by atoms with Gasteiger partial charge < -0.3 is 9.13 Å². The highest BCUT2D eigenvalue weighted by molar-refractivity contribution is 6.14. The molecule has 13 aromatic rings. The number of benzene rings is 10. The molecule has 3 nitrogen and oxygen atoms in total. The van der Waals surface area contributed by atoms with E-state index in [9.17, 15) is 0 Å². The summed E-state index contributed by atoms with van der Waals surface area (Å²) >= 11 is 0. The maximum absolute atomic E-state index is 16.6. The van der Waals surface area contributed by atoms with Gasteiger partial charge >= 0.3 is 6.18 Å². The van der Waals surface area contributed by atoms with Crippen LogP contribution in [0, 0.1) is 27.7 Å². The van der Waals surface area contributed by atoms with E-state index in [1.807, 2.05) is 84.9 Å². The Hall–Kier alpha value is -9.26. The lowest BCUT2D eigenvalue weighted by Crippen LogP contribution is -2.12. The van der Waals surface area contributed by atoms with E-state index in [-0.39, 0.29) is 11.3 Å². The minimum Gasteiger partial charge on any atom is -0.307 e. The van der Waals surface area contributed by atoms with Gasteiger partial charge in [0, 0.05) is 32.7 Å². The van der Waals surface area contributed by atoms with Crippen LogP contribution < -0.4 is 0 Å². The van der Waals surface area contributed by atoms with Gasteiger partial charge in [0.25, 0.3) is 0 Å². The van der Waals surface area contributed by atoms with Crippen molar-refractivity contribution in [3.8, 4) is 78.4 Å². The highest BCUT2D eigenvalue weighted by atomic mass is 19.4. The summed E-state index contributed by atoms with van der Waals surface area (Å²) in [5.74, 6) is 0. The molecular formula is C70H50F3N3. The van der Waals surface area contributed by atoms with Gasteiger partial charge in [-0.1, -0.05) is 182 Å². The fraction of sp³-hybridized carbons (Fsp3) is 0.0714. The van der Waals surface area contributed by atoms with Gasteiger partial charge in [-0.2, -0.15) is 13.2 Å². The van der Waals surface area contributed by atoms with Gasteiger partial charge in [-0.3, -0.25) is 0 Å². The van der Waals surface area contributed by atoms with Crippen molar-refractivity contribution in [2.24, 2.45) is 0 Å². The second kappa shape index (κ2) is 18.3. The van der Waals surface area contributed by atoms with Crippen LogP contribution in [-0.4, -0.2) is 14.1 Å². The summed E-state index contributed by atoms with van der Waals surface area (Å²) in [6.07, 6.45) is -4.79. The average Bonchev–Trinajstić information content (AvgIpc) is 3.98. The molecule has 0 amide bonds. The molecule has 6 heteroatoms. The number of hydrogen-bond donors (Lipinski definition) is 0. The van der Waals surface area contributed by atoms with Crippen LogP contribution in [0.4, 0.5) is 13.2 Å². The van der Waals surface area contributed by atoms with Crippen LogP contribution >= 0.6 is 0 Å². The summed E-state index contributed by atoms with van der Waals surface area (Å²) in [6, 6.07) is 77.2. The number of halogens is 3. The zero-order chi connectivity index (χ0) is 51.8. The maximum atomic E-state index is 16.6. The fourth-order valence-corrected chi connectivity index (χ4v) is 11.5. The first-order chi connectivity index (χ1) is 37.0. The number of aryl methyl sites for hydroxylation is 4. The lowest BCUT2D eigenvalue weighted by molar-refractivity contribution is -0.137. The number of pyridine rings is 1. The predicted octanol–water partition coefficient (Wildman–Crippen LogP) is 19.5. The topological polar surface area (TPSA) is 22.8 Å². The van der Waals surface area contributed by atoms with Crippen molar-refractivity contribution in [1.29, 1.82) is 0 Å². The minimum absolute atomic E-state index is 0.0221. The number of nitrogens with zero attached hydrogens (tertiary/aromatic N) is 3. The highest BCUT2D eigenvalue weighted by Crippen LogP contribution is 2.47. The lowest BCUT2D eigenvalue weighted by atomic mass is 9.98. The summed E-state index contributed by atoms with van der Waals surface area (Å²) in [5.41, 5.74) is 17.6. The van der Waals surface area contributed by atoms with Crippen molar-refractivity contribution in [3.05, 3.63) is 258 Å². The smallest absolute Gasteiger partial charge is 0.307 e. The molecule has 10 aromatic carbocycles. The Balaban J connectivity index is 1.22. The lowest BCUT2D eigenvalue weighted by Gasteiger charge is -2.22. The van der Waals surface area contributed by atoms with Crippen LogP contribution in [0.5, 0.6) is 0 Å². The molecule has 0 atom stereocenters. The van der Waals surface area contributed by atoms with E-state index in [1.165, 1.54) is 6.07 Å². The Morgan fingerprint density at radius 3 is 1.01 bits per heavy atom. The zero-order valence-corrected chi connectivity index (χ0v) is 42.4. The second-order valence-electron chi connectivity index (χ2n) is 20.0. The Labute approximate surface area is 439 Å². The summed E-state index contributed by atoms with van der Waals surface area (Å²) in [4.78, 5) is 5.04. The van der Waals surface area contributed by atoms with Crippen molar-refractivity contribution in [2.75, 3.05) is 0 Å². The molecule has 0 aliphatic heterocycles. The van der Waals surface area contributed by atoms with Gasteiger partial charge in [0.2, 0.25) is 0 Å². The maximum Gasteiger partial charge on any atom is 0.417 e.